The highest BCUT2D eigenvalue weighted by atomic mass is 19.1. The Bertz CT molecular complexity index is 338. The molecule has 0 aliphatic heterocycles. The Morgan fingerprint density at radius 3 is 2.12 bits per heavy atom. The topological polar surface area (TPSA) is 29.3 Å². The van der Waals surface area contributed by atoms with Crippen molar-refractivity contribution in [2.24, 2.45) is 5.73 Å². The molecule has 0 spiro atoms. The molecular formula is C12H18F2N2. The van der Waals surface area contributed by atoms with Crippen LogP contribution in [0.3, 0.4) is 0 Å². The van der Waals surface area contributed by atoms with Crippen LogP contribution in [0.1, 0.15) is 19.4 Å². The lowest BCUT2D eigenvalue weighted by Crippen LogP contribution is -2.43. The van der Waals surface area contributed by atoms with Crippen molar-refractivity contribution in [2.45, 2.75) is 25.9 Å². The van der Waals surface area contributed by atoms with Crippen LogP contribution in [0.4, 0.5) is 8.78 Å². The first kappa shape index (κ1) is 13.1. The summed E-state index contributed by atoms with van der Waals surface area (Å²) in [4.78, 5) is 1.94. The molecule has 0 aliphatic rings. The molecule has 1 aromatic rings. The van der Waals surface area contributed by atoms with E-state index >= 15 is 0 Å². The first-order valence-electron chi connectivity index (χ1n) is 5.19. The quantitative estimate of drug-likeness (QED) is 0.855. The van der Waals surface area contributed by atoms with Crippen molar-refractivity contribution < 1.29 is 8.78 Å². The largest absolute Gasteiger partial charge is 0.324 e. The standard InChI is InChI=1S/C12H18F2N2/c1-12(2,15)8-16(3)7-9-4-10(13)6-11(14)5-9/h4-6H,7-8,15H2,1-3H3. The van der Waals surface area contributed by atoms with Crippen LogP contribution in [-0.4, -0.2) is 24.0 Å². The lowest BCUT2D eigenvalue weighted by atomic mass is 10.1. The molecule has 0 fully saturated rings. The van der Waals surface area contributed by atoms with E-state index in [4.69, 9.17) is 5.73 Å². The van der Waals surface area contributed by atoms with Gasteiger partial charge in [-0.3, -0.25) is 0 Å². The summed E-state index contributed by atoms with van der Waals surface area (Å²) < 4.78 is 25.9. The first-order valence-corrected chi connectivity index (χ1v) is 5.19. The molecular weight excluding hydrogens is 210 g/mol. The van der Waals surface area contributed by atoms with Crippen LogP contribution in [0.2, 0.25) is 0 Å². The molecule has 0 amide bonds. The molecule has 0 saturated carbocycles. The van der Waals surface area contributed by atoms with E-state index in [0.29, 0.717) is 18.7 Å². The van der Waals surface area contributed by atoms with Gasteiger partial charge in [-0.25, -0.2) is 8.78 Å². The molecule has 0 radical (unpaired) electrons. The maximum Gasteiger partial charge on any atom is 0.126 e. The van der Waals surface area contributed by atoms with E-state index in [0.717, 1.165) is 6.07 Å². The van der Waals surface area contributed by atoms with Gasteiger partial charge in [-0.05, 0) is 38.6 Å². The zero-order valence-electron chi connectivity index (χ0n) is 9.93. The molecule has 1 aromatic carbocycles. The molecule has 0 unspecified atom stereocenters. The number of nitrogens with two attached hydrogens (primary N) is 1. The summed E-state index contributed by atoms with van der Waals surface area (Å²) in [7, 11) is 1.87. The smallest absolute Gasteiger partial charge is 0.126 e. The van der Waals surface area contributed by atoms with Crippen LogP contribution in [-0.2, 0) is 6.54 Å². The Morgan fingerprint density at radius 2 is 1.69 bits per heavy atom. The fourth-order valence-electron chi connectivity index (χ4n) is 1.77. The molecule has 4 heteroatoms. The zero-order chi connectivity index (χ0) is 12.3. The van der Waals surface area contributed by atoms with Gasteiger partial charge in [0, 0.05) is 24.7 Å². The highest BCUT2D eigenvalue weighted by Crippen LogP contribution is 2.11. The van der Waals surface area contributed by atoms with Crippen molar-refractivity contribution in [1.82, 2.24) is 4.90 Å². The summed E-state index contributed by atoms with van der Waals surface area (Å²) in [5, 5.41) is 0. The van der Waals surface area contributed by atoms with E-state index in [1.54, 1.807) is 0 Å². The van der Waals surface area contributed by atoms with Crippen molar-refractivity contribution in [2.75, 3.05) is 13.6 Å². The summed E-state index contributed by atoms with van der Waals surface area (Å²) >= 11 is 0. The number of rotatable bonds is 4. The number of hydrogen-bond acceptors (Lipinski definition) is 2. The van der Waals surface area contributed by atoms with Crippen LogP contribution in [0.25, 0.3) is 0 Å². The highest BCUT2D eigenvalue weighted by Gasteiger charge is 2.14. The number of likely N-dealkylation sites (N-methyl/N-ethyl adjacent to an activating group) is 1. The van der Waals surface area contributed by atoms with Crippen molar-refractivity contribution in [3.8, 4) is 0 Å². The second kappa shape index (κ2) is 4.89. The molecule has 2 nitrogen and oxygen atoms in total. The lowest BCUT2D eigenvalue weighted by Gasteiger charge is -2.26. The molecule has 90 valence electrons. The fraction of sp³-hybridized carbons (Fsp3) is 0.500. The van der Waals surface area contributed by atoms with Crippen LogP contribution in [0.5, 0.6) is 0 Å². The van der Waals surface area contributed by atoms with E-state index in [1.807, 2.05) is 25.8 Å². The Kier molecular flexibility index (Phi) is 3.99. The summed E-state index contributed by atoms with van der Waals surface area (Å²) in [5.74, 6) is -1.09. The van der Waals surface area contributed by atoms with Crippen molar-refractivity contribution in [3.05, 3.63) is 35.4 Å². The average molecular weight is 228 g/mol. The third-order valence-corrected chi connectivity index (χ3v) is 2.05. The van der Waals surface area contributed by atoms with Gasteiger partial charge >= 0.3 is 0 Å². The van der Waals surface area contributed by atoms with Gasteiger partial charge in [-0.15, -0.1) is 0 Å². The normalized spacial score (nSPS) is 12.2. The van der Waals surface area contributed by atoms with Gasteiger partial charge in [-0.1, -0.05) is 0 Å². The van der Waals surface area contributed by atoms with E-state index in [-0.39, 0.29) is 5.54 Å². The molecule has 0 bridgehead atoms. The summed E-state index contributed by atoms with van der Waals surface area (Å²) in [5.41, 5.74) is 6.16. The molecule has 0 aromatic heterocycles. The minimum Gasteiger partial charge on any atom is -0.324 e. The minimum atomic E-state index is -0.546. The van der Waals surface area contributed by atoms with Crippen LogP contribution >= 0.6 is 0 Å². The van der Waals surface area contributed by atoms with Crippen LogP contribution in [0, 0.1) is 11.6 Å². The molecule has 0 atom stereocenters. The molecule has 1 rings (SSSR count). The van der Waals surface area contributed by atoms with Gasteiger partial charge < -0.3 is 10.6 Å². The van der Waals surface area contributed by atoms with Crippen LogP contribution in [0.15, 0.2) is 18.2 Å². The fourth-order valence-corrected chi connectivity index (χ4v) is 1.77. The second-order valence-electron chi connectivity index (χ2n) is 4.94. The summed E-state index contributed by atoms with van der Waals surface area (Å²) in [6.07, 6.45) is 0. The number of nitrogens with zero attached hydrogens (tertiary/aromatic N) is 1. The molecule has 0 heterocycles. The van der Waals surface area contributed by atoms with E-state index in [1.165, 1.54) is 12.1 Å². The summed E-state index contributed by atoms with van der Waals surface area (Å²) in [6.45, 7) is 4.96. The van der Waals surface area contributed by atoms with Gasteiger partial charge in [0.2, 0.25) is 0 Å². The van der Waals surface area contributed by atoms with Crippen LogP contribution < -0.4 is 5.73 Å². The minimum absolute atomic E-state index is 0.319. The summed E-state index contributed by atoms with van der Waals surface area (Å²) in [6, 6.07) is 3.54. The van der Waals surface area contributed by atoms with Gasteiger partial charge in [0.1, 0.15) is 11.6 Å². The average Bonchev–Trinajstić information content (AvgIpc) is 1.96. The highest BCUT2D eigenvalue weighted by molar-refractivity contribution is 5.17. The Balaban J connectivity index is 2.66. The van der Waals surface area contributed by atoms with E-state index in [2.05, 4.69) is 0 Å². The monoisotopic (exact) mass is 228 g/mol. The Labute approximate surface area is 95.1 Å². The zero-order valence-corrected chi connectivity index (χ0v) is 9.93. The first-order chi connectivity index (χ1) is 7.26. The van der Waals surface area contributed by atoms with Crippen molar-refractivity contribution >= 4 is 0 Å². The van der Waals surface area contributed by atoms with Gasteiger partial charge in [0.25, 0.3) is 0 Å². The SMILES string of the molecule is CN(Cc1cc(F)cc(F)c1)CC(C)(C)N. The molecule has 2 N–H and O–H groups in total. The number of benzene rings is 1. The predicted octanol–water partition coefficient (Wildman–Crippen LogP) is 2.13. The van der Waals surface area contributed by atoms with Crippen molar-refractivity contribution in [3.63, 3.8) is 0 Å². The Hall–Kier alpha value is -1.00. The predicted molar refractivity (Wildman–Crippen MR) is 61.0 cm³/mol. The Morgan fingerprint density at radius 1 is 1.19 bits per heavy atom. The molecule has 0 aliphatic carbocycles. The number of hydrogen-bond donors (Lipinski definition) is 1. The maximum absolute atomic E-state index is 12.9. The van der Waals surface area contributed by atoms with Crippen molar-refractivity contribution in [1.29, 1.82) is 0 Å². The third kappa shape index (κ3) is 4.68. The molecule has 0 saturated heterocycles. The number of halogens is 2. The van der Waals surface area contributed by atoms with Gasteiger partial charge in [-0.2, -0.15) is 0 Å². The van der Waals surface area contributed by atoms with Gasteiger partial charge in [0.15, 0.2) is 0 Å². The third-order valence-electron chi connectivity index (χ3n) is 2.05. The maximum atomic E-state index is 12.9. The van der Waals surface area contributed by atoms with E-state index in [9.17, 15) is 8.78 Å². The lowest BCUT2D eigenvalue weighted by molar-refractivity contribution is 0.262. The molecule has 16 heavy (non-hydrogen) atoms. The van der Waals surface area contributed by atoms with Gasteiger partial charge in [0.05, 0.1) is 0 Å². The van der Waals surface area contributed by atoms with E-state index < -0.39 is 11.6 Å². The second-order valence-corrected chi connectivity index (χ2v) is 4.94.